The van der Waals surface area contributed by atoms with Crippen molar-refractivity contribution >= 4 is 28.6 Å². The number of fused-ring (bicyclic) bond motifs is 1. The lowest BCUT2D eigenvalue weighted by atomic mass is 10.0. The van der Waals surface area contributed by atoms with Gasteiger partial charge in [0.05, 0.1) is 6.04 Å². The predicted molar refractivity (Wildman–Crippen MR) is 90.6 cm³/mol. The van der Waals surface area contributed by atoms with Crippen molar-refractivity contribution < 1.29 is 4.79 Å². The minimum atomic E-state index is -0.501. The van der Waals surface area contributed by atoms with E-state index in [1.807, 2.05) is 44.6 Å². The summed E-state index contributed by atoms with van der Waals surface area (Å²) in [7, 11) is 1.83. The van der Waals surface area contributed by atoms with Crippen LogP contribution in [0, 0.1) is 0 Å². The molecule has 0 aliphatic rings. The van der Waals surface area contributed by atoms with Crippen molar-refractivity contribution in [2.24, 2.45) is 5.73 Å². The molecule has 0 fully saturated rings. The predicted octanol–water partition coefficient (Wildman–Crippen LogP) is 2.25. The molecule has 4 nitrogen and oxygen atoms in total. The van der Waals surface area contributed by atoms with Crippen LogP contribution < -0.4 is 5.73 Å². The molecule has 0 bridgehead atoms. The maximum atomic E-state index is 12.4. The van der Waals surface area contributed by atoms with Crippen LogP contribution in [0.5, 0.6) is 0 Å². The van der Waals surface area contributed by atoms with E-state index in [1.54, 1.807) is 16.7 Å². The third kappa shape index (κ3) is 3.60. The molecule has 1 aromatic carbocycles. The van der Waals surface area contributed by atoms with Gasteiger partial charge in [-0.15, -0.1) is 0 Å². The first kappa shape index (κ1) is 15.9. The Morgan fingerprint density at radius 3 is 2.86 bits per heavy atom. The van der Waals surface area contributed by atoms with Gasteiger partial charge in [0.15, 0.2) is 0 Å². The van der Waals surface area contributed by atoms with Crippen LogP contribution >= 0.6 is 11.8 Å². The molecule has 1 amide bonds. The van der Waals surface area contributed by atoms with Crippen LogP contribution in [0.15, 0.2) is 30.5 Å². The molecule has 3 N–H and O–H groups in total. The number of hydrogen-bond acceptors (Lipinski definition) is 3. The number of hydrogen-bond donors (Lipinski definition) is 2. The molecule has 2 atom stereocenters. The Bertz CT molecular complexity index is 610. The Balaban J connectivity index is 2.07. The van der Waals surface area contributed by atoms with Gasteiger partial charge in [0.2, 0.25) is 5.91 Å². The van der Waals surface area contributed by atoms with Crippen LogP contribution in [0.2, 0.25) is 0 Å². The fourth-order valence-electron chi connectivity index (χ4n) is 2.46. The Hall–Kier alpha value is -1.46. The number of aromatic amines is 1. The van der Waals surface area contributed by atoms with Crippen LogP contribution in [0.3, 0.4) is 0 Å². The zero-order valence-electron chi connectivity index (χ0n) is 12.8. The van der Waals surface area contributed by atoms with Crippen LogP contribution in [-0.4, -0.2) is 46.9 Å². The molecule has 114 valence electrons. The first-order valence-corrected chi connectivity index (χ1v) is 8.50. The van der Waals surface area contributed by atoms with Crippen molar-refractivity contribution in [3.8, 4) is 0 Å². The number of amides is 1. The summed E-state index contributed by atoms with van der Waals surface area (Å²) in [6.07, 6.45) is 4.54. The van der Waals surface area contributed by atoms with Gasteiger partial charge >= 0.3 is 0 Å². The molecule has 0 spiro atoms. The summed E-state index contributed by atoms with van der Waals surface area (Å²) in [6, 6.07) is 7.77. The molecule has 0 saturated carbocycles. The number of nitrogens with zero attached hydrogens (tertiary/aromatic N) is 1. The highest BCUT2D eigenvalue weighted by molar-refractivity contribution is 7.98. The molecule has 2 aromatic rings. The average molecular weight is 305 g/mol. The molecule has 1 aromatic heterocycles. The number of benzene rings is 1. The first-order chi connectivity index (χ1) is 10.0. The Labute approximate surface area is 130 Å². The van der Waals surface area contributed by atoms with Crippen LogP contribution in [-0.2, 0) is 11.2 Å². The largest absolute Gasteiger partial charge is 0.361 e. The molecule has 2 rings (SSSR count). The summed E-state index contributed by atoms with van der Waals surface area (Å²) in [5.74, 6) is 0.920. The van der Waals surface area contributed by atoms with Crippen molar-refractivity contribution in [3.05, 3.63) is 36.0 Å². The SMILES string of the molecule is CSCC(C)N(C)C(=O)[C@@H](N)Cc1c[nH]c2ccccc12. The topological polar surface area (TPSA) is 62.1 Å². The van der Waals surface area contributed by atoms with Gasteiger partial charge in [0, 0.05) is 35.9 Å². The van der Waals surface area contributed by atoms with E-state index in [2.05, 4.69) is 11.1 Å². The van der Waals surface area contributed by atoms with Crippen LogP contribution in [0.4, 0.5) is 0 Å². The number of H-pyrrole nitrogens is 1. The van der Waals surface area contributed by atoms with Crippen LogP contribution in [0.25, 0.3) is 10.9 Å². The lowest BCUT2D eigenvalue weighted by molar-refractivity contribution is -0.132. The van der Waals surface area contributed by atoms with Crippen molar-refractivity contribution in [1.82, 2.24) is 9.88 Å². The molecule has 0 aliphatic heterocycles. The van der Waals surface area contributed by atoms with E-state index in [4.69, 9.17) is 5.73 Å². The number of carbonyl (C=O) groups excluding carboxylic acids is 1. The van der Waals surface area contributed by atoms with Gasteiger partial charge in [-0.2, -0.15) is 11.8 Å². The van der Waals surface area contributed by atoms with Gasteiger partial charge in [-0.3, -0.25) is 4.79 Å². The highest BCUT2D eigenvalue weighted by atomic mass is 32.2. The Morgan fingerprint density at radius 1 is 1.43 bits per heavy atom. The minimum absolute atomic E-state index is 0.00170. The number of rotatable bonds is 6. The second-order valence-corrected chi connectivity index (χ2v) is 6.33. The third-order valence-corrected chi connectivity index (χ3v) is 4.66. The first-order valence-electron chi connectivity index (χ1n) is 7.10. The van der Waals surface area contributed by atoms with E-state index in [1.165, 1.54) is 0 Å². The zero-order chi connectivity index (χ0) is 15.4. The maximum absolute atomic E-state index is 12.4. The number of thioether (sulfide) groups is 1. The van der Waals surface area contributed by atoms with Crippen molar-refractivity contribution in [2.75, 3.05) is 19.1 Å². The number of para-hydroxylation sites is 1. The molecule has 5 heteroatoms. The van der Waals surface area contributed by atoms with Gasteiger partial charge < -0.3 is 15.6 Å². The van der Waals surface area contributed by atoms with E-state index < -0.39 is 6.04 Å². The summed E-state index contributed by atoms with van der Waals surface area (Å²) in [5, 5.41) is 1.14. The van der Waals surface area contributed by atoms with E-state index in [9.17, 15) is 4.79 Å². The highest BCUT2D eigenvalue weighted by Gasteiger charge is 2.22. The molecule has 21 heavy (non-hydrogen) atoms. The van der Waals surface area contributed by atoms with Crippen molar-refractivity contribution in [3.63, 3.8) is 0 Å². The van der Waals surface area contributed by atoms with E-state index >= 15 is 0 Å². The Kier molecular flexibility index (Phi) is 5.31. The van der Waals surface area contributed by atoms with Crippen molar-refractivity contribution in [2.45, 2.75) is 25.4 Å². The van der Waals surface area contributed by atoms with E-state index in [-0.39, 0.29) is 11.9 Å². The number of likely N-dealkylation sites (N-methyl/N-ethyl adjacent to an activating group) is 1. The standard InChI is InChI=1S/C16H23N3OS/c1-11(10-21-3)19(2)16(20)14(17)8-12-9-18-15-7-5-4-6-13(12)15/h4-7,9,11,14,18H,8,10,17H2,1-3H3/t11?,14-/m0/s1. The smallest absolute Gasteiger partial charge is 0.239 e. The van der Waals surface area contributed by atoms with E-state index in [0.29, 0.717) is 6.42 Å². The van der Waals surface area contributed by atoms with Gasteiger partial charge in [0.25, 0.3) is 0 Å². The minimum Gasteiger partial charge on any atom is -0.361 e. The zero-order valence-corrected chi connectivity index (χ0v) is 13.6. The normalized spacial score (nSPS) is 14.1. The van der Waals surface area contributed by atoms with Gasteiger partial charge in [0.1, 0.15) is 0 Å². The average Bonchev–Trinajstić information content (AvgIpc) is 2.89. The fourth-order valence-corrected chi connectivity index (χ4v) is 3.16. The van der Waals surface area contributed by atoms with Gasteiger partial charge in [-0.25, -0.2) is 0 Å². The molecular weight excluding hydrogens is 282 g/mol. The molecule has 1 heterocycles. The molecule has 0 radical (unpaired) electrons. The van der Waals surface area contributed by atoms with Gasteiger partial charge in [-0.1, -0.05) is 18.2 Å². The number of carbonyl (C=O) groups is 1. The van der Waals surface area contributed by atoms with Gasteiger partial charge in [-0.05, 0) is 31.2 Å². The van der Waals surface area contributed by atoms with Crippen molar-refractivity contribution in [1.29, 1.82) is 0 Å². The fraction of sp³-hybridized carbons (Fsp3) is 0.438. The van der Waals surface area contributed by atoms with Crippen LogP contribution in [0.1, 0.15) is 12.5 Å². The summed E-state index contributed by atoms with van der Waals surface area (Å²) in [5.41, 5.74) is 8.30. The molecule has 0 aliphatic carbocycles. The summed E-state index contributed by atoms with van der Waals surface area (Å²) in [6.45, 7) is 2.05. The molecule has 0 saturated heterocycles. The number of aromatic nitrogens is 1. The highest BCUT2D eigenvalue weighted by Crippen LogP contribution is 2.19. The summed E-state index contributed by atoms with van der Waals surface area (Å²) in [4.78, 5) is 17.4. The monoisotopic (exact) mass is 305 g/mol. The lowest BCUT2D eigenvalue weighted by Gasteiger charge is -2.27. The maximum Gasteiger partial charge on any atom is 0.239 e. The Morgan fingerprint density at radius 2 is 2.14 bits per heavy atom. The summed E-state index contributed by atoms with van der Waals surface area (Å²) < 4.78 is 0. The molecule has 1 unspecified atom stereocenters. The number of nitrogens with one attached hydrogen (secondary N) is 1. The lowest BCUT2D eigenvalue weighted by Crippen LogP contribution is -2.47. The second kappa shape index (κ2) is 7.00. The third-order valence-electron chi connectivity index (χ3n) is 3.85. The second-order valence-electron chi connectivity index (χ2n) is 5.42. The summed E-state index contributed by atoms with van der Waals surface area (Å²) >= 11 is 1.73. The quantitative estimate of drug-likeness (QED) is 0.860. The number of nitrogens with two attached hydrogens (primary N) is 1. The van der Waals surface area contributed by atoms with E-state index in [0.717, 1.165) is 22.2 Å². The molecular formula is C16H23N3OS.